The lowest BCUT2D eigenvalue weighted by molar-refractivity contribution is -0.189. The molecule has 1 aromatic carbocycles. The Kier molecular flexibility index (Phi) is 8.91. The van der Waals surface area contributed by atoms with Crippen LogP contribution in [-0.4, -0.2) is 64.9 Å². The van der Waals surface area contributed by atoms with E-state index in [1.165, 1.54) is 0 Å². The Morgan fingerprint density at radius 1 is 1.12 bits per heavy atom. The van der Waals surface area contributed by atoms with Gasteiger partial charge in [0, 0.05) is 41.9 Å². The number of piperidine rings is 1. The van der Waals surface area contributed by atoms with Gasteiger partial charge in [0.05, 0.1) is 12.2 Å². The van der Waals surface area contributed by atoms with Gasteiger partial charge in [0.15, 0.2) is 0 Å². The van der Waals surface area contributed by atoms with Crippen LogP contribution >= 0.6 is 11.6 Å². The van der Waals surface area contributed by atoms with E-state index in [0.29, 0.717) is 24.5 Å². The minimum atomic E-state index is -0.922. The highest BCUT2D eigenvalue weighted by atomic mass is 35.5. The fourth-order valence-electron chi connectivity index (χ4n) is 6.06. The van der Waals surface area contributed by atoms with Crippen LogP contribution in [0, 0.1) is 11.8 Å². The number of esters is 1. The summed E-state index contributed by atoms with van der Waals surface area (Å²) < 4.78 is 23.9. The Bertz CT molecular complexity index is 1160. The molecule has 5 atom stereocenters. The number of hydrogen-bond donors (Lipinski definition) is 1. The van der Waals surface area contributed by atoms with Crippen molar-refractivity contribution in [3.63, 3.8) is 0 Å². The monoisotopic (exact) mass is 592 g/mol. The molecule has 3 aliphatic heterocycles. The van der Waals surface area contributed by atoms with Crippen LogP contribution < -0.4 is 10.1 Å². The number of carbonyl (C=O) groups excluding carboxylic acids is 3. The zero-order valence-corrected chi connectivity index (χ0v) is 26.3. The van der Waals surface area contributed by atoms with Gasteiger partial charge >= 0.3 is 12.1 Å². The van der Waals surface area contributed by atoms with Gasteiger partial charge in [-0.25, -0.2) is 4.79 Å². The second-order valence-electron chi connectivity index (χ2n) is 14.0. The van der Waals surface area contributed by atoms with E-state index in [0.717, 1.165) is 17.7 Å². The molecular formula is C31H45ClN2O7. The minimum absolute atomic E-state index is 0.0102. The number of rotatable bonds is 5. The first kappa shape index (κ1) is 31.4. The topological polar surface area (TPSA) is 103 Å². The third-order valence-electron chi connectivity index (χ3n) is 7.81. The normalized spacial score (nSPS) is 25.9. The highest BCUT2D eigenvalue weighted by Crippen LogP contribution is 2.53. The van der Waals surface area contributed by atoms with Crippen LogP contribution in [0.1, 0.15) is 92.7 Å². The number of hydrogen-bond acceptors (Lipinski definition) is 7. The molecule has 1 aromatic rings. The molecule has 1 N–H and O–H groups in total. The van der Waals surface area contributed by atoms with E-state index in [2.05, 4.69) is 19.2 Å². The second-order valence-corrected chi connectivity index (χ2v) is 14.4. The SMILES string of the molecule is CC(C)(C)OC(=O)CC[C@H](NC(=O)OC(C)(C)C)C(=O)N1CC[C@H]2O[C@H]3c4cc(Cl)ccc4OC(C)(C)[C@@H]3C[C@H]2C1. The number of benzene rings is 1. The van der Waals surface area contributed by atoms with E-state index in [9.17, 15) is 14.4 Å². The van der Waals surface area contributed by atoms with E-state index >= 15 is 0 Å². The third-order valence-corrected chi connectivity index (χ3v) is 8.05. The van der Waals surface area contributed by atoms with Crippen LogP contribution in [-0.2, 0) is 23.8 Å². The van der Waals surface area contributed by atoms with Crippen molar-refractivity contribution in [1.82, 2.24) is 10.2 Å². The molecule has 9 nitrogen and oxygen atoms in total. The average molecular weight is 593 g/mol. The van der Waals surface area contributed by atoms with Gasteiger partial charge < -0.3 is 29.2 Å². The van der Waals surface area contributed by atoms with Crippen molar-refractivity contribution in [2.24, 2.45) is 11.8 Å². The summed E-state index contributed by atoms with van der Waals surface area (Å²) in [6.45, 7) is 15.8. The Balaban J connectivity index is 1.47. The van der Waals surface area contributed by atoms with Crippen molar-refractivity contribution in [2.75, 3.05) is 13.1 Å². The quantitative estimate of drug-likeness (QED) is 0.430. The van der Waals surface area contributed by atoms with Crippen LogP contribution in [0.2, 0.25) is 5.02 Å². The van der Waals surface area contributed by atoms with Crippen LogP contribution in [0.25, 0.3) is 0 Å². The zero-order chi connectivity index (χ0) is 30.3. The molecule has 0 saturated carbocycles. The van der Waals surface area contributed by atoms with Crippen molar-refractivity contribution < 1.29 is 33.3 Å². The molecule has 0 bridgehead atoms. The Morgan fingerprint density at radius 2 is 1.80 bits per heavy atom. The lowest BCUT2D eigenvalue weighted by atomic mass is 9.70. The molecule has 4 rings (SSSR count). The first-order valence-corrected chi connectivity index (χ1v) is 14.9. The fraction of sp³-hybridized carbons (Fsp3) is 0.710. The van der Waals surface area contributed by atoms with Gasteiger partial charge in [-0.3, -0.25) is 9.59 Å². The smallest absolute Gasteiger partial charge is 0.408 e. The molecule has 3 heterocycles. The Hall–Kier alpha value is -2.52. The third kappa shape index (κ3) is 7.86. The first-order chi connectivity index (χ1) is 18.9. The molecule has 2 amide bonds. The van der Waals surface area contributed by atoms with Crippen molar-refractivity contribution in [3.05, 3.63) is 28.8 Å². The van der Waals surface area contributed by atoms with E-state index in [4.69, 9.17) is 30.5 Å². The number of halogens is 1. The Morgan fingerprint density at radius 3 is 2.46 bits per heavy atom. The van der Waals surface area contributed by atoms with E-state index in [-0.39, 0.29) is 42.8 Å². The highest BCUT2D eigenvalue weighted by molar-refractivity contribution is 6.30. The van der Waals surface area contributed by atoms with Gasteiger partial charge in [-0.05, 0) is 92.9 Å². The summed E-state index contributed by atoms with van der Waals surface area (Å²) in [5.74, 6) is 0.314. The molecular weight excluding hydrogens is 548 g/mol. The van der Waals surface area contributed by atoms with Gasteiger partial charge in [0.1, 0.15) is 28.6 Å². The maximum absolute atomic E-state index is 13.8. The molecule has 41 heavy (non-hydrogen) atoms. The number of likely N-dealkylation sites (tertiary alicyclic amines) is 1. The van der Waals surface area contributed by atoms with Gasteiger partial charge in [0.25, 0.3) is 0 Å². The predicted molar refractivity (Wildman–Crippen MR) is 155 cm³/mol. The molecule has 3 aliphatic rings. The molecule has 0 spiro atoms. The zero-order valence-electron chi connectivity index (χ0n) is 25.5. The molecule has 2 fully saturated rings. The second kappa shape index (κ2) is 11.6. The van der Waals surface area contributed by atoms with Crippen molar-refractivity contribution in [3.8, 4) is 5.75 Å². The Labute approximate surface area is 248 Å². The van der Waals surface area contributed by atoms with E-state index in [1.54, 1.807) is 46.4 Å². The van der Waals surface area contributed by atoms with Crippen LogP contribution in [0.15, 0.2) is 18.2 Å². The molecule has 0 aliphatic carbocycles. The van der Waals surface area contributed by atoms with Gasteiger partial charge in [0.2, 0.25) is 5.91 Å². The van der Waals surface area contributed by atoms with E-state index < -0.39 is 34.9 Å². The molecule has 0 unspecified atom stereocenters. The fourth-order valence-corrected chi connectivity index (χ4v) is 6.24. The number of fused-ring (bicyclic) bond motifs is 4. The van der Waals surface area contributed by atoms with Crippen molar-refractivity contribution in [1.29, 1.82) is 0 Å². The highest BCUT2D eigenvalue weighted by Gasteiger charge is 2.52. The standard InChI is InChI=1S/C31H45ClN2O7/c1-29(2,3)40-25(35)12-10-22(33-28(37)41-30(4,5)6)27(36)34-14-13-23-18(17-34)15-21-26(38-23)20-16-19(32)9-11-24(20)39-31(21,7)8/h9,11,16,18,21-23,26H,10,12-15,17H2,1-8H3,(H,33,37)/t18-,21+,22-,23+,26-/m0/s1. The van der Waals surface area contributed by atoms with Gasteiger partial charge in [-0.1, -0.05) is 11.6 Å². The minimum Gasteiger partial charge on any atom is -0.487 e. The van der Waals surface area contributed by atoms with Crippen LogP contribution in [0.5, 0.6) is 5.75 Å². The summed E-state index contributed by atoms with van der Waals surface area (Å²) in [6, 6.07) is 4.74. The summed E-state index contributed by atoms with van der Waals surface area (Å²) in [7, 11) is 0. The molecule has 10 heteroatoms. The lowest BCUT2D eigenvalue weighted by Crippen LogP contribution is -2.58. The largest absolute Gasteiger partial charge is 0.487 e. The number of amides is 2. The number of nitrogens with one attached hydrogen (secondary N) is 1. The first-order valence-electron chi connectivity index (χ1n) is 14.6. The van der Waals surface area contributed by atoms with Gasteiger partial charge in [-0.15, -0.1) is 0 Å². The summed E-state index contributed by atoms with van der Waals surface area (Å²) in [5.41, 5.74) is -0.855. The van der Waals surface area contributed by atoms with Gasteiger partial charge in [-0.2, -0.15) is 0 Å². The summed E-state index contributed by atoms with van der Waals surface area (Å²) >= 11 is 6.32. The maximum Gasteiger partial charge on any atom is 0.408 e. The van der Waals surface area contributed by atoms with Crippen LogP contribution in [0.3, 0.4) is 0 Å². The molecule has 0 aromatic heterocycles. The van der Waals surface area contributed by atoms with Crippen LogP contribution in [0.4, 0.5) is 4.79 Å². The number of nitrogens with zero attached hydrogens (tertiary/aromatic N) is 1. The van der Waals surface area contributed by atoms with E-state index in [1.807, 2.05) is 18.2 Å². The van der Waals surface area contributed by atoms with Crippen molar-refractivity contribution in [2.45, 2.75) is 116 Å². The summed E-state index contributed by atoms with van der Waals surface area (Å²) in [6.07, 6.45) is 0.743. The summed E-state index contributed by atoms with van der Waals surface area (Å²) in [5, 5.41) is 3.36. The molecule has 0 radical (unpaired) electrons. The average Bonchev–Trinajstić information content (AvgIpc) is 2.83. The number of carbonyl (C=O) groups is 3. The maximum atomic E-state index is 13.8. The summed E-state index contributed by atoms with van der Waals surface area (Å²) in [4.78, 5) is 40.7. The number of alkyl carbamates (subject to hydrolysis) is 1. The van der Waals surface area contributed by atoms with Crippen molar-refractivity contribution >= 4 is 29.6 Å². The molecule has 2 saturated heterocycles. The predicted octanol–water partition coefficient (Wildman–Crippen LogP) is 5.82. The molecule has 228 valence electrons. The number of ether oxygens (including phenoxy) is 4. The lowest BCUT2D eigenvalue weighted by Gasteiger charge is -2.53.